The van der Waals surface area contributed by atoms with Crippen LogP contribution in [-0.2, 0) is 6.42 Å². The van der Waals surface area contributed by atoms with Crippen LogP contribution in [0.25, 0.3) is 0 Å². The van der Waals surface area contributed by atoms with Gasteiger partial charge in [0.2, 0.25) is 0 Å². The topological polar surface area (TPSA) is 70.3 Å². The number of likely N-dealkylation sites (N-methyl/N-ethyl adjacent to an activating group) is 1. The number of anilines is 2. The molecule has 0 aliphatic carbocycles. The molecule has 20 heavy (non-hydrogen) atoms. The first-order valence-electron chi connectivity index (χ1n) is 7.43. The number of nitrogens with two attached hydrogens (primary N) is 1. The van der Waals surface area contributed by atoms with Crippen molar-refractivity contribution in [2.75, 3.05) is 43.6 Å². The van der Waals surface area contributed by atoms with Gasteiger partial charge in [0.25, 0.3) is 0 Å². The zero-order valence-corrected chi connectivity index (χ0v) is 12.8. The van der Waals surface area contributed by atoms with Gasteiger partial charge >= 0.3 is 0 Å². The summed E-state index contributed by atoms with van der Waals surface area (Å²) in [7, 11) is 2.09. The zero-order chi connectivity index (χ0) is 14.5. The third kappa shape index (κ3) is 3.37. The molecule has 0 radical (unpaired) electrons. The van der Waals surface area contributed by atoms with Gasteiger partial charge in [-0.1, -0.05) is 6.92 Å². The summed E-state index contributed by atoms with van der Waals surface area (Å²) in [5.41, 5.74) is 3.68. The second kappa shape index (κ2) is 6.85. The first kappa shape index (κ1) is 15.0. The van der Waals surface area contributed by atoms with Crippen molar-refractivity contribution in [2.45, 2.75) is 33.1 Å². The van der Waals surface area contributed by atoms with Crippen molar-refractivity contribution in [3.05, 3.63) is 11.4 Å². The van der Waals surface area contributed by atoms with Gasteiger partial charge in [-0.25, -0.2) is 15.8 Å². The molecule has 0 saturated carbocycles. The fraction of sp³-hybridized carbons (Fsp3) is 0.714. The number of hydrazine groups is 1. The van der Waals surface area contributed by atoms with Crippen molar-refractivity contribution in [3.8, 4) is 0 Å². The number of hydrogen-bond acceptors (Lipinski definition) is 6. The van der Waals surface area contributed by atoms with Crippen molar-refractivity contribution < 1.29 is 0 Å². The predicted octanol–water partition coefficient (Wildman–Crippen LogP) is 1.17. The van der Waals surface area contributed by atoms with Crippen molar-refractivity contribution >= 4 is 11.6 Å². The average Bonchev–Trinajstić information content (AvgIpc) is 2.98. The molecule has 1 fully saturated rings. The highest BCUT2D eigenvalue weighted by molar-refractivity contribution is 5.57. The normalized spacial score (nSPS) is 15.6. The number of aryl methyl sites for hydroxylation is 1. The summed E-state index contributed by atoms with van der Waals surface area (Å²) in [4.78, 5) is 13.8. The summed E-state index contributed by atoms with van der Waals surface area (Å²) in [6, 6.07) is 0. The van der Waals surface area contributed by atoms with Crippen LogP contribution in [0.1, 0.15) is 31.2 Å². The molecule has 2 rings (SSSR count). The molecule has 1 aromatic rings. The zero-order valence-electron chi connectivity index (χ0n) is 12.8. The molecule has 0 unspecified atom stereocenters. The molecular formula is C14H26N6. The lowest BCUT2D eigenvalue weighted by Gasteiger charge is -2.24. The maximum Gasteiger partial charge on any atom is 0.148 e. The van der Waals surface area contributed by atoms with Crippen LogP contribution in [0, 0.1) is 6.92 Å². The average molecular weight is 278 g/mol. The molecule has 0 aromatic carbocycles. The van der Waals surface area contributed by atoms with Crippen LogP contribution >= 0.6 is 0 Å². The Balaban J connectivity index is 2.08. The Labute approximate surface area is 121 Å². The second-order valence-corrected chi connectivity index (χ2v) is 5.41. The van der Waals surface area contributed by atoms with E-state index in [-0.39, 0.29) is 0 Å². The van der Waals surface area contributed by atoms with E-state index in [1.165, 1.54) is 25.9 Å². The lowest BCUT2D eigenvalue weighted by molar-refractivity contribution is 0.346. The first-order chi connectivity index (χ1) is 9.65. The van der Waals surface area contributed by atoms with E-state index in [0.29, 0.717) is 0 Å². The summed E-state index contributed by atoms with van der Waals surface area (Å²) in [6.45, 7) is 8.59. The molecule has 112 valence electrons. The van der Waals surface area contributed by atoms with E-state index in [9.17, 15) is 0 Å². The van der Waals surface area contributed by atoms with Crippen LogP contribution < -0.4 is 16.2 Å². The van der Waals surface area contributed by atoms with Crippen LogP contribution in [0.4, 0.5) is 11.6 Å². The Bertz CT molecular complexity index is 442. The number of rotatable bonds is 6. The van der Waals surface area contributed by atoms with E-state index < -0.39 is 0 Å². The van der Waals surface area contributed by atoms with Gasteiger partial charge in [0.1, 0.15) is 17.5 Å². The Morgan fingerprint density at radius 3 is 2.60 bits per heavy atom. The van der Waals surface area contributed by atoms with Crippen LogP contribution in [-0.4, -0.2) is 48.1 Å². The fourth-order valence-corrected chi connectivity index (χ4v) is 2.62. The van der Waals surface area contributed by atoms with Crippen molar-refractivity contribution in [3.63, 3.8) is 0 Å². The fourth-order valence-electron chi connectivity index (χ4n) is 2.62. The van der Waals surface area contributed by atoms with Gasteiger partial charge in [-0.05, 0) is 32.9 Å². The smallest absolute Gasteiger partial charge is 0.148 e. The summed E-state index contributed by atoms with van der Waals surface area (Å²) < 4.78 is 0. The Morgan fingerprint density at radius 2 is 2.00 bits per heavy atom. The van der Waals surface area contributed by atoms with Gasteiger partial charge in [-0.3, -0.25) is 0 Å². The summed E-state index contributed by atoms with van der Waals surface area (Å²) in [6.07, 6.45) is 3.47. The Kier molecular flexibility index (Phi) is 5.14. The molecule has 1 aliphatic heterocycles. The van der Waals surface area contributed by atoms with E-state index in [2.05, 4.69) is 39.2 Å². The standard InChI is InChI=1S/C14H26N6/c1-4-12-16-13(18-15)11(2)14(17-12)19(3)9-10-20-7-5-6-8-20/h4-10,15H2,1-3H3,(H,16,17,18). The Morgan fingerprint density at radius 1 is 1.30 bits per heavy atom. The first-order valence-corrected chi connectivity index (χ1v) is 7.43. The number of likely N-dealkylation sites (tertiary alicyclic amines) is 1. The molecule has 0 bridgehead atoms. The van der Waals surface area contributed by atoms with Crippen LogP contribution in [0.5, 0.6) is 0 Å². The number of hydrogen-bond donors (Lipinski definition) is 2. The van der Waals surface area contributed by atoms with Crippen molar-refractivity contribution in [1.29, 1.82) is 0 Å². The maximum absolute atomic E-state index is 5.55. The van der Waals surface area contributed by atoms with Crippen LogP contribution in [0.3, 0.4) is 0 Å². The van der Waals surface area contributed by atoms with Gasteiger partial charge in [0, 0.05) is 32.1 Å². The third-order valence-electron chi connectivity index (χ3n) is 3.93. The van der Waals surface area contributed by atoms with Crippen LogP contribution in [0.15, 0.2) is 0 Å². The van der Waals surface area contributed by atoms with Gasteiger partial charge < -0.3 is 15.2 Å². The summed E-state index contributed by atoms with van der Waals surface area (Å²) >= 11 is 0. The summed E-state index contributed by atoms with van der Waals surface area (Å²) in [5.74, 6) is 8.07. The third-order valence-corrected chi connectivity index (χ3v) is 3.93. The van der Waals surface area contributed by atoms with E-state index in [1.807, 2.05) is 6.92 Å². The van der Waals surface area contributed by atoms with Gasteiger partial charge in [0.05, 0.1) is 0 Å². The van der Waals surface area contributed by atoms with Gasteiger partial charge in [-0.2, -0.15) is 0 Å². The molecule has 2 heterocycles. The summed E-state index contributed by atoms with van der Waals surface area (Å²) in [5, 5.41) is 0. The molecule has 1 saturated heterocycles. The molecule has 6 nitrogen and oxygen atoms in total. The minimum Gasteiger partial charge on any atom is -0.358 e. The largest absolute Gasteiger partial charge is 0.358 e. The molecule has 3 N–H and O–H groups in total. The Hall–Kier alpha value is -1.40. The molecule has 1 aromatic heterocycles. The highest BCUT2D eigenvalue weighted by Crippen LogP contribution is 2.22. The van der Waals surface area contributed by atoms with E-state index in [0.717, 1.165) is 42.5 Å². The molecule has 6 heteroatoms. The van der Waals surface area contributed by atoms with Crippen molar-refractivity contribution in [2.24, 2.45) is 5.84 Å². The quantitative estimate of drug-likeness (QED) is 0.601. The molecule has 0 atom stereocenters. The lowest BCUT2D eigenvalue weighted by atomic mass is 10.2. The minimum absolute atomic E-state index is 0.722. The molecule has 0 amide bonds. The second-order valence-electron chi connectivity index (χ2n) is 5.41. The number of nitrogens with one attached hydrogen (secondary N) is 1. The number of nitrogens with zero attached hydrogens (tertiary/aromatic N) is 4. The number of nitrogen functional groups attached to an aromatic ring is 1. The van der Waals surface area contributed by atoms with Gasteiger partial charge in [0.15, 0.2) is 0 Å². The van der Waals surface area contributed by atoms with E-state index in [4.69, 9.17) is 5.84 Å². The molecule has 0 spiro atoms. The molecular weight excluding hydrogens is 252 g/mol. The predicted molar refractivity (Wildman–Crippen MR) is 82.9 cm³/mol. The maximum atomic E-state index is 5.55. The van der Waals surface area contributed by atoms with Gasteiger partial charge in [-0.15, -0.1) is 0 Å². The SMILES string of the molecule is CCc1nc(NN)c(C)c(N(C)CCN2CCCC2)n1. The minimum atomic E-state index is 0.722. The van der Waals surface area contributed by atoms with E-state index in [1.54, 1.807) is 0 Å². The van der Waals surface area contributed by atoms with Crippen molar-refractivity contribution in [1.82, 2.24) is 14.9 Å². The number of aromatic nitrogens is 2. The lowest BCUT2D eigenvalue weighted by Crippen LogP contribution is -2.32. The van der Waals surface area contributed by atoms with E-state index >= 15 is 0 Å². The molecule has 1 aliphatic rings. The highest BCUT2D eigenvalue weighted by atomic mass is 15.3. The monoisotopic (exact) mass is 278 g/mol. The highest BCUT2D eigenvalue weighted by Gasteiger charge is 2.16. The van der Waals surface area contributed by atoms with Crippen LogP contribution in [0.2, 0.25) is 0 Å².